The molecule has 100 valence electrons. The lowest BCUT2D eigenvalue weighted by Gasteiger charge is -2.19. The molecule has 0 spiro atoms. The Kier molecular flexibility index (Phi) is 4.66. The van der Waals surface area contributed by atoms with E-state index in [1.165, 1.54) is 17.5 Å². The van der Waals surface area contributed by atoms with Gasteiger partial charge in [0.1, 0.15) is 0 Å². The van der Waals surface area contributed by atoms with E-state index >= 15 is 0 Å². The Bertz CT molecular complexity index is 526. The summed E-state index contributed by atoms with van der Waals surface area (Å²) in [5.74, 6) is 1.32. The van der Waals surface area contributed by atoms with Crippen LogP contribution in [0.2, 0.25) is 5.02 Å². The van der Waals surface area contributed by atoms with Crippen molar-refractivity contribution in [3.05, 3.63) is 59.1 Å². The van der Waals surface area contributed by atoms with Crippen LogP contribution in [-0.4, -0.2) is 0 Å². The van der Waals surface area contributed by atoms with Gasteiger partial charge in [-0.2, -0.15) is 0 Å². The predicted octanol–water partition coefficient (Wildman–Crippen LogP) is 6.16. The fourth-order valence-electron chi connectivity index (χ4n) is 2.70. The number of hydrogen-bond acceptors (Lipinski definition) is 0. The Morgan fingerprint density at radius 1 is 0.947 bits per heavy atom. The van der Waals surface area contributed by atoms with Crippen LogP contribution in [0.15, 0.2) is 48.5 Å². The minimum atomic E-state index is 0.639. The predicted molar refractivity (Wildman–Crippen MR) is 84.8 cm³/mol. The van der Waals surface area contributed by atoms with E-state index in [9.17, 15) is 0 Å². The number of hydrogen-bond donors (Lipinski definition) is 0. The maximum absolute atomic E-state index is 6.24. The molecule has 0 nitrogen and oxygen atoms in total. The first-order chi connectivity index (χ1) is 9.13. The van der Waals surface area contributed by atoms with Crippen LogP contribution >= 0.6 is 11.6 Å². The molecule has 2 aromatic carbocycles. The summed E-state index contributed by atoms with van der Waals surface area (Å²) in [6, 6.07) is 16.8. The summed E-state index contributed by atoms with van der Waals surface area (Å²) >= 11 is 6.24. The molecular weight excluding hydrogens is 252 g/mol. The SMILES string of the molecule is CC[C@@H](c1ccc(-c2ccccc2Cl)cc1)C(C)C. The Hall–Kier alpha value is -1.27. The van der Waals surface area contributed by atoms with Gasteiger partial charge in [-0.05, 0) is 35.4 Å². The maximum Gasteiger partial charge on any atom is 0.0484 e. The van der Waals surface area contributed by atoms with Gasteiger partial charge < -0.3 is 0 Å². The van der Waals surface area contributed by atoms with E-state index in [-0.39, 0.29) is 0 Å². The highest BCUT2D eigenvalue weighted by atomic mass is 35.5. The third kappa shape index (κ3) is 3.19. The molecule has 2 rings (SSSR count). The molecule has 0 radical (unpaired) electrons. The Morgan fingerprint density at radius 2 is 1.58 bits per heavy atom. The first kappa shape index (κ1) is 14.1. The summed E-state index contributed by atoms with van der Waals surface area (Å²) in [6.07, 6.45) is 1.18. The van der Waals surface area contributed by atoms with E-state index < -0.39 is 0 Å². The minimum absolute atomic E-state index is 0.639. The van der Waals surface area contributed by atoms with Crippen LogP contribution in [0.3, 0.4) is 0 Å². The van der Waals surface area contributed by atoms with Crippen molar-refractivity contribution < 1.29 is 0 Å². The molecule has 0 aromatic heterocycles. The van der Waals surface area contributed by atoms with Gasteiger partial charge in [-0.1, -0.05) is 74.8 Å². The largest absolute Gasteiger partial charge is 0.0837 e. The lowest BCUT2D eigenvalue weighted by Crippen LogP contribution is -2.05. The molecule has 0 saturated carbocycles. The summed E-state index contributed by atoms with van der Waals surface area (Å²) in [5.41, 5.74) is 3.72. The van der Waals surface area contributed by atoms with Crippen molar-refractivity contribution in [2.45, 2.75) is 33.1 Å². The molecule has 0 fully saturated rings. The van der Waals surface area contributed by atoms with Crippen LogP contribution in [0, 0.1) is 5.92 Å². The molecule has 0 unspecified atom stereocenters. The number of rotatable bonds is 4. The monoisotopic (exact) mass is 272 g/mol. The smallest absolute Gasteiger partial charge is 0.0484 e. The van der Waals surface area contributed by atoms with Crippen LogP contribution in [0.25, 0.3) is 11.1 Å². The Balaban J connectivity index is 2.31. The van der Waals surface area contributed by atoms with Crippen molar-refractivity contribution in [1.29, 1.82) is 0 Å². The molecule has 19 heavy (non-hydrogen) atoms. The van der Waals surface area contributed by atoms with Gasteiger partial charge in [0.2, 0.25) is 0 Å². The molecule has 0 aliphatic carbocycles. The first-order valence-corrected chi connectivity index (χ1v) is 7.36. The second-order valence-corrected chi connectivity index (χ2v) is 5.77. The third-order valence-electron chi connectivity index (χ3n) is 3.77. The van der Waals surface area contributed by atoms with E-state index in [1.807, 2.05) is 18.2 Å². The second kappa shape index (κ2) is 6.25. The zero-order chi connectivity index (χ0) is 13.8. The highest BCUT2D eigenvalue weighted by Crippen LogP contribution is 2.31. The Labute approximate surface area is 121 Å². The van der Waals surface area contributed by atoms with Crippen molar-refractivity contribution in [1.82, 2.24) is 0 Å². The van der Waals surface area contributed by atoms with Gasteiger partial charge in [0.05, 0.1) is 0 Å². The quantitative estimate of drug-likeness (QED) is 0.625. The summed E-state index contributed by atoms with van der Waals surface area (Å²) in [7, 11) is 0. The highest BCUT2D eigenvalue weighted by Gasteiger charge is 2.13. The fraction of sp³-hybridized carbons (Fsp3) is 0.333. The average molecular weight is 273 g/mol. The zero-order valence-electron chi connectivity index (χ0n) is 11.9. The average Bonchev–Trinajstić information content (AvgIpc) is 2.41. The van der Waals surface area contributed by atoms with Crippen molar-refractivity contribution >= 4 is 11.6 Å². The Morgan fingerprint density at radius 3 is 2.11 bits per heavy atom. The van der Waals surface area contributed by atoms with E-state index in [4.69, 9.17) is 11.6 Å². The molecule has 2 aromatic rings. The van der Waals surface area contributed by atoms with Gasteiger partial charge in [0.25, 0.3) is 0 Å². The standard InChI is InChI=1S/C18H21Cl/c1-4-16(13(2)3)14-9-11-15(12-10-14)17-7-5-6-8-18(17)19/h5-13,16H,4H2,1-3H3/t16-/m1/s1. The molecule has 0 N–H and O–H groups in total. The van der Waals surface area contributed by atoms with Crippen molar-refractivity contribution in [2.24, 2.45) is 5.92 Å². The van der Waals surface area contributed by atoms with Crippen molar-refractivity contribution in [2.75, 3.05) is 0 Å². The van der Waals surface area contributed by atoms with Crippen LogP contribution in [-0.2, 0) is 0 Å². The van der Waals surface area contributed by atoms with Crippen LogP contribution in [0.5, 0.6) is 0 Å². The van der Waals surface area contributed by atoms with E-state index in [0.29, 0.717) is 11.8 Å². The topological polar surface area (TPSA) is 0 Å². The van der Waals surface area contributed by atoms with Gasteiger partial charge in [0.15, 0.2) is 0 Å². The maximum atomic E-state index is 6.24. The van der Waals surface area contributed by atoms with Crippen LogP contribution in [0.1, 0.15) is 38.7 Å². The summed E-state index contributed by atoms with van der Waals surface area (Å²) in [6.45, 7) is 6.83. The number of benzene rings is 2. The first-order valence-electron chi connectivity index (χ1n) is 6.98. The van der Waals surface area contributed by atoms with Crippen molar-refractivity contribution in [3.8, 4) is 11.1 Å². The highest BCUT2D eigenvalue weighted by molar-refractivity contribution is 6.33. The summed E-state index contributed by atoms with van der Waals surface area (Å²) in [4.78, 5) is 0. The molecule has 1 heteroatoms. The fourth-order valence-corrected chi connectivity index (χ4v) is 2.94. The molecule has 0 aliphatic rings. The molecule has 0 heterocycles. The van der Waals surface area contributed by atoms with Crippen molar-refractivity contribution in [3.63, 3.8) is 0 Å². The molecule has 0 bridgehead atoms. The van der Waals surface area contributed by atoms with E-state index in [2.05, 4.69) is 51.1 Å². The lowest BCUT2D eigenvalue weighted by molar-refractivity contribution is 0.485. The van der Waals surface area contributed by atoms with Crippen LogP contribution < -0.4 is 0 Å². The summed E-state index contributed by atoms with van der Waals surface area (Å²) in [5, 5.41) is 0.811. The molecule has 0 aliphatic heterocycles. The van der Waals surface area contributed by atoms with Crippen LogP contribution in [0.4, 0.5) is 0 Å². The van der Waals surface area contributed by atoms with Gasteiger partial charge in [-0.15, -0.1) is 0 Å². The second-order valence-electron chi connectivity index (χ2n) is 5.36. The lowest BCUT2D eigenvalue weighted by atomic mass is 9.86. The zero-order valence-corrected chi connectivity index (χ0v) is 12.6. The third-order valence-corrected chi connectivity index (χ3v) is 4.10. The van der Waals surface area contributed by atoms with Gasteiger partial charge in [-0.25, -0.2) is 0 Å². The molecule has 1 atom stereocenters. The van der Waals surface area contributed by atoms with E-state index in [0.717, 1.165) is 10.6 Å². The summed E-state index contributed by atoms with van der Waals surface area (Å²) < 4.78 is 0. The van der Waals surface area contributed by atoms with Gasteiger partial charge in [0, 0.05) is 10.6 Å². The van der Waals surface area contributed by atoms with Gasteiger partial charge >= 0.3 is 0 Å². The normalized spacial score (nSPS) is 12.7. The molecule has 0 saturated heterocycles. The minimum Gasteiger partial charge on any atom is -0.0837 e. The number of halogens is 1. The van der Waals surface area contributed by atoms with E-state index in [1.54, 1.807) is 0 Å². The molecular formula is C18H21Cl. The van der Waals surface area contributed by atoms with Gasteiger partial charge in [-0.3, -0.25) is 0 Å². The molecule has 0 amide bonds.